The second kappa shape index (κ2) is 30.1. The molecular formula is C111H79BBrN8O4-. The fourth-order valence-electron chi connectivity index (χ4n) is 19.3. The van der Waals surface area contributed by atoms with Gasteiger partial charge in [-0.3, -0.25) is 0 Å². The van der Waals surface area contributed by atoms with Gasteiger partial charge < -0.3 is 35.3 Å². The van der Waals surface area contributed by atoms with Crippen LogP contribution in [0.1, 0.15) is 72.2 Å². The fraction of sp³-hybridized carbons (Fsp3) is 0.0721. The molecule has 1 saturated heterocycles. The van der Waals surface area contributed by atoms with Gasteiger partial charge in [-0.05, 0) is 133 Å². The Labute approximate surface area is 733 Å². The minimum atomic E-state index is -0.632. The van der Waals surface area contributed by atoms with Crippen LogP contribution in [0.2, 0.25) is 0 Å². The number of halogens is 1. The van der Waals surface area contributed by atoms with E-state index in [0.29, 0.717) is 34.9 Å². The van der Waals surface area contributed by atoms with E-state index in [-0.39, 0.29) is 7.43 Å². The molecule has 598 valence electrons. The first-order valence-electron chi connectivity index (χ1n) is 41.9. The van der Waals surface area contributed by atoms with E-state index in [4.69, 9.17) is 43.7 Å². The number of para-hydroxylation sites is 8. The van der Waals surface area contributed by atoms with Crippen LogP contribution in [0.3, 0.4) is 0 Å². The molecule has 0 saturated carbocycles. The molecule has 4 aromatic heterocycles. The summed E-state index contributed by atoms with van der Waals surface area (Å²) in [4.78, 5) is 28.9. The Balaban J connectivity index is 0.000000119. The van der Waals surface area contributed by atoms with Crippen molar-refractivity contribution in [3.63, 3.8) is 0 Å². The molecule has 0 aliphatic carbocycles. The number of hydrogen-bond donors (Lipinski definition) is 0. The van der Waals surface area contributed by atoms with Gasteiger partial charge in [0.25, 0.3) is 0 Å². The van der Waals surface area contributed by atoms with Gasteiger partial charge in [-0.15, -0.1) is 0 Å². The number of aromatic nitrogens is 8. The molecule has 2 unspecified atom stereocenters. The lowest BCUT2D eigenvalue weighted by Gasteiger charge is -2.45. The van der Waals surface area contributed by atoms with E-state index in [0.717, 1.165) is 99.7 Å². The third kappa shape index (κ3) is 12.2. The Morgan fingerprint density at radius 3 is 0.984 bits per heavy atom. The summed E-state index contributed by atoms with van der Waals surface area (Å²) in [6, 6.07) is 136. The molecule has 5 aliphatic rings. The maximum atomic E-state index is 6.80. The van der Waals surface area contributed by atoms with Gasteiger partial charge in [-0.2, -0.15) is 0 Å². The third-order valence-corrected chi connectivity index (χ3v) is 26.1. The van der Waals surface area contributed by atoms with Crippen molar-refractivity contribution in [1.82, 2.24) is 39.0 Å². The van der Waals surface area contributed by atoms with Gasteiger partial charge in [0.05, 0.1) is 55.5 Å². The first-order chi connectivity index (χ1) is 60.9. The molecule has 0 bridgehead atoms. The van der Waals surface area contributed by atoms with Gasteiger partial charge in [0.2, 0.25) is 0 Å². The quantitative estimate of drug-likeness (QED) is 0.107. The summed E-state index contributed by atoms with van der Waals surface area (Å²) in [6.07, 6.45) is 0. The fourth-order valence-corrected chi connectivity index (χ4v) is 19.5. The van der Waals surface area contributed by atoms with Crippen LogP contribution in [0.4, 0.5) is 0 Å². The highest BCUT2D eigenvalue weighted by atomic mass is 79.9. The summed E-state index contributed by atoms with van der Waals surface area (Å²) in [5.41, 5.74) is 23.5. The van der Waals surface area contributed by atoms with E-state index in [1.54, 1.807) is 0 Å². The molecule has 12 nitrogen and oxygen atoms in total. The molecule has 0 N–H and O–H groups in total. The van der Waals surface area contributed by atoms with Crippen molar-refractivity contribution >= 4 is 72.1 Å². The SMILES string of the molecule is Brc1ccc(-c2nc(-c3ccccc3)nc(-c3ccccc3)n2)cc1.CC1(C)OB(c2ccc3c(c2)C2(c4ccccc4O3)c3ccccc3-n3c4ccccc4c4cccc2c43)OC1(C)C.[CH3-].c1ccc(-c2nc(-c3ccccc3)nc(-c3ccc(-c4ccc5c(c4)C4(c6ccccc6O5)c5ccccc5-n5c6ccccc6c6cccc4c65)cc3)n2)cc1. The second-order valence-corrected chi connectivity index (χ2v) is 34.0. The summed E-state index contributed by atoms with van der Waals surface area (Å²) in [7, 11) is -0.476. The normalized spacial score (nSPS) is 15.9. The van der Waals surface area contributed by atoms with Crippen LogP contribution >= 0.6 is 15.9 Å². The zero-order valence-corrected chi connectivity index (χ0v) is 70.7. The maximum Gasteiger partial charge on any atom is 0.494 e. The molecule has 0 radical (unpaired) electrons. The van der Waals surface area contributed by atoms with Gasteiger partial charge in [0.1, 0.15) is 23.0 Å². The molecule has 2 spiro atoms. The Morgan fingerprint density at radius 2 is 0.560 bits per heavy atom. The molecule has 125 heavy (non-hydrogen) atoms. The summed E-state index contributed by atoms with van der Waals surface area (Å²) in [5, 5.41) is 5.01. The highest BCUT2D eigenvalue weighted by molar-refractivity contribution is 9.10. The second-order valence-electron chi connectivity index (χ2n) is 33.1. The van der Waals surface area contributed by atoms with Gasteiger partial charge >= 0.3 is 7.12 Å². The highest BCUT2D eigenvalue weighted by Crippen LogP contribution is 2.63. The van der Waals surface area contributed by atoms with Crippen molar-refractivity contribution < 1.29 is 18.8 Å². The van der Waals surface area contributed by atoms with Crippen LogP contribution in [0, 0.1) is 7.43 Å². The lowest BCUT2D eigenvalue weighted by molar-refractivity contribution is 0.00578. The minimum Gasteiger partial charge on any atom is -0.457 e. The number of rotatable bonds is 8. The van der Waals surface area contributed by atoms with Crippen molar-refractivity contribution in [2.24, 2.45) is 0 Å². The zero-order valence-electron chi connectivity index (χ0n) is 69.1. The Bertz CT molecular complexity index is 7530. The van der Waals surface area contributed by atoms with E-state index in [2.05, 4.69) is 300 Å². The lowest BCUT2D eigenvalue weighted by Crippen LogP contribution is -2.41. The number of benzene rings is 16. The Hall–Kier alpha value is -14.8. The number of fused-ring (bicyclic) bond motifs is 22. The molecular weight excluding hydrogens is 1600 g/mol. The number of ether oxygens (including phenoxy) is 2. The van der Waals surface area contributed by atoms with Crippen LogP contribution < -0.4 is 14.9 Å². The predicted molar refractivity (Wildman–Crippen MR) is 507 cm³/mol. The summed E-state index contributed by atoms with van der Waals surface area (Å²) in [5.74, 6) is 7.40. The average Bonchev–Trinajstić information content (AvgIpc) is 1.61. The molecule has 0 amide bonds. The molecule has 9 heterocycles. The van der Waals surface area contributed by atoms with Crippen molar-refractivity contribution in [1.29, 1.82) is 0 Å². The van der Waals surface area contributed by atoms with E-state index in [1.807, 2.05) is 146 Å². The van der Waals surface area contributed by atoms with Crippen LogP contribution in [0.5, 0.6) is 23.0 Å². The first kappa shape index (κ1) is 76.3. The maximum absolute atomic E-state index is 6.80. The summed E-state index contributed by atoms with van der Waals surface area (Å²) >= 11 is 3.47. The van der Waals surface area contributed by atoms with Gasteiger partial charge in [-0.25, -0.2) is 29.9 Å². The molecule has 16 aromatic carbocycles. The largest absolute Gasteiger partial charge is 0.494 e. The van der Waals surface area contributed by atoms with E-state index < -0.39 is 29.2 Å². The topological polar surface area (TPSA) is 124 Å². The predicted octanol–water partition coefficient (Wildman–Crippen LogP) is 26.4. The Morgan fingerprint density at radius 1 is 0.256 bits per heavy atom. The van der Waals surface area contributed by atoms with Gasteiger partial charge in [0.15, 0.2) is 34.9 Å². The standard InChI is InChI=1S/C52H32N4O.C37H30BNO3.C21H14BrN3.CH3/c1-3-14-34(15-4-1)49-53-50(35-16-5-2-6-17-35)55-51(54-49)36-28-26-33(27-29-36)37-30-31-47-43(32-37)52(41-21-9-12-25-46(41)57-47)40-20-8-11-24-45(40)56-44-23-10-7-18-38(44)39-19-13-22-42(52)48(39)56;1-35(2)36(3,4)42-38(41-35)23-20-21-33-29(22-23)37(27-15-7-10-19-32(27)40-33)26-14-6-9-18-31(26)39-30-17-8-5-12-24(30)25-13-11-16-28(37)34(25)39;22-18-13-11-17(12-14-18)21-24-19(15-7-3-1-4-8-15)23-20(25-21)16-9-5-2-6-10-16;/h1-32H;5-22H,1-4H3;1-14H;1H3/q;;;-1. The van der Waals surface area contributed by atoms with Crippen molar-refractivity contribution in [3.8, 4) is 114 Å². The molecule has 1 fully saturated rings. The summed E-state index contributed by atoms with van der Waals surface area (Å²) < 4.78 is 32.5. The van der Waals surface area contributed by atoms with Crippen LogP contribution in [0.25, 0.3) is 134 Å². The zero-order chi connectivity index (χ0) is 83.0. The third-order valence-electron chi connectivity index (χ3n) is 25.6. The van der Waals surface area contributed by atoms with Crippen LogP contribution in [-0.4, -0.2) is 57.4 Å². The summed E-state index contributed by atoms with van der Waals surface area (Å²) in [6.45, 7) is 8.40. The highest BCUT2D eigenvalue weighted by Gasteiger charge is 2.55. The monoisotopic (exact) mass is 1680 g/mol. The van der Waals surface area contributed by atoms with Crippen LogP contribution in [-0.2, 0) is 20.1 Å². The number of nitrogens with zero attached hydrogens (tertiary/aromatic N) is 8. The van der Waals surface area contributed by atoms with Crippen molar-refractivity contribution in [2.75, 3.05) is 0 Å². The smallest absolute Gasteiger partial charge is 0.457 e. The van der Waals surface area contributed by atoms with Crippen molar-refractivity contribution in [2.45, 2.75) is 49.7 Å². The Kier molecular flexibility index (Phi) is 18.4. The van der Waals surface area contributed by atoms with Crippen LogP contribution in [0.15, 0.2) is 393 Å². The van der Waals surface area contributed by atoms with E-state index in [1.165, 1.54) is 77.2 Å². The average molecular weight is 1680 g/mol. The van der Waals surface area contributed by atoms with E-state index >= 15 is 0 Å². The van der Waals surface area contributed by atoms with Crippen molar-refractivity contribution in [3.05, 3.63) is 445 Å². The molecule has 20 aromatic rings. The molecule has 5 aliphatic heterocycles. The van der Waals surface area contributed by atoms with E-state index in [9.17, 15) is 0 Å². The molecule has 14 heteroatoms. The first-order valence-corrected chi connectivity index (χ1v) is 42.7. The number of hydrogen-bond acceptors (Lipinski definition) is 10. The van der Waals surface area contributed by atoms with Gasteiger partial charge in [-0.1, -0.05) is 337 Å². The lowest BCUT2D eigenvalue weighted by atomic mass is 9.60. The minimum absolute atomic E-state index is 0. The molecule has 25 rings (SSSR count). The van der Waals surface area contributed by atoms with Gasteiger partial charge in [0, 0.05) is 81.7 Å². The molecule has 2 atom stereocenters.